The van der Waals surface area contributed by atoms with E-state index in [9.17, 15) is 4.79 Å². The van der Waals surface area contributed by atoms with Crippen LogP contribution in [0.1, 0.15) is 24.0 Å². The predicted octanol–water partition coefficient (Wildman–Crippen LogP) is 2.95. The van der Waals surface area contributed by atoms with Gasteiger partial charge in [0.1, 0.15) is 0 Å². The largest absolute Gasteiger partial charge is 0.481 e. The number of benzene rings is 1. The quantitative estimate of drug-likeness (QED) is 0.915. The van der Waals surface area contributed by atoms with Crippen LogP contribution in [0.15, 0.2) is 18.2 Å². The zero-order valence-electron chi connectivity index (χ0n) is 10.5. The second kappa shape index (κ2) is 5.72. The molecule has 3 nitrogen and oxygen atoms in total. The first kappa shape index (κ1) is 13.4. The van der Waals surface area contributed by atoms with Crippen LogP contribution in [-0.4, -0.2) is 29.1 Å². The van der Waals surface area contributed by atoms with Crippen molar-refractivity contribution in [1.82, 2.24) is 4.90 Å². The molecule has 1 atom stereocenters. The average Bonchev–Trinajstić information content (AvgIpc) is 2.34. The number of rotatable bonds is 3. The molecule has 0 bridgehead atoms. The Bertz CT molecular complexity index is 447. The number of carboxylic acids is 1. The Labute approximate surface area is 112 Å². The number of aliphatic carboxylic acids is 1. The fourth-order valence-corrected chi connectivity index (χ4v) is 2.58. The first-order valence-electron chi connectivity index (χ1n) is 6.26. The number of hydrogen-bond donors (Lipinski definition) is 1. The summed E-state index contributed by atoms with van der Waals surface area (Å²) in [7, 11) is 0. The van der Waals surface area contributed by atoms with Gasteiger partial charge in [0.25, 0.3) is 0 Å². The molecule has 1 N–H and O–H groups in total. The van der Waals surface area contributed by atoms with Crippen molar-refractivity contribution in [3.05, 3.63) is 34.3 Å². The molecule has 0 aliphatic carbocycles. The minimum atomic E-state index is -0.674. The first-order valence-corrected chi connectivity index (χ1v) is 6.64. The average molecular weight is 268 g/mol. The Balaban J connectivity index is 2.00. The lowest BCUT2D eigenvalue weighted by molar-refractivity contribution is -0.143. The second-order valence-electron chi connectivity index (χ2n) is 5.00. The van der Waals surface area contributed by atoms with Crippen molar-refractivity contribution in [3.8, 4) is 0 Å². The van der Waals surface area contributed by atoms with E-state index in [-0.39, 0.29) is 5.92 Å². The Hall–Kier alpha value is -1.06. The van der Waals surface area contributed by atoms with Gasteiger partial charge in [-0.15, -0.1) is 0 Å². The number of nitrogens with zero attached hydrogens (tertiary/aromatic N) is 1. The predicted molar refractivity (Wildman–Crippen MR) is 71.8 cm³/mol. The highest BCUT2D eigenvalue weighted by Crippen LogP contribution is 2.21. The molecular weight excluding hydrogens is 250 g/mol. The highest BCUT2D eigenvalue weighted by atomic mass is 35.5. The molecule has 98 valence electrons. The smallest absolute Gasteiger partial charge is 0.307 e. The monoisotopic (exact) mass is 267 g/mol. The van der Waals surface area contributed by atoms with Gasteiger partial charge < -0.3 is 5.11 Å². The van der Waals surface area contributed by atoms with E-state index in [2.05, 4.69) is 11.0 Å². The standard InChI is InChI=1S/C14H18ClNO2/c1-10-7-11(4-5-13(10)15)8-16-6-2-3-12(9-16)14(17)18/h4-5,7,12H,2-3,6,8-9H2,1H3,(H,17,18). The molecule has 2 rings (SSSR count). The van der Waals surface area contributed by atoms with Crippen LogP contribution in [0.3, 0.4) is 0 Å². The molecule has 0 spiro atoms. The third-order valence-electron chi connectivity index (χ3n) is 3.48. The molecule has 18 heavy (non-hydrogen) atoms. The first-order chi connectivity index (χ1) is 8.56. The van der Waals surface area contributed by atoms with Gasteiger partial charge >= 0.3 is 5.97 Å². The van der Waals surface area contributed by atoms with E-state index in [1.54, 1.807) is 0 Å². The molecule has 0 radical (unpaired) electrons. The molecule has 0 saturated carbocycles. The van der Waals surface area contributed by atoms with Gasteiger partial charge in [-0.1, -0.05) is 23.7 Å². The molecule has 1 aliphatic rings. The van der Waals surface area contributed by atoms with Crippen LogP contribution in [0.25, 0.3) is 0 Å². The lowest BCUT2D eigenvalue weighted by atomic mass is 9.98. The zero-order valence-corrected chi connectivity index (χ0v) is 11.3. The highest BCUT2D eigenvalue weighted by Gasteiger charge is 2.25. The molecule has 0 aromatic heterocycles. The molecule has 1 unspecified atom stereocenters. The van der Waals surface area contributed by atoms with Crippen molar-refractivity contribution < 1.29 is 9.90 Å². The van der Waals surface area contributed by atoms with Crippen molar-refractivity contribution in [2.45, 2.75) is 26.3 Å². The molecule has 1 aliphatic heterocycles. The summed E-state index contributed by atoms with van der Waals surface area (Å²) in [5.74, 6) is -0.890. The maximum Gasteiger partial charge on any atom is 0.307 e. The maximum absolute atomic E-state index is 11.0. The van der Waals surface area contributed by atoms with E-state index in [0.29, 0.717) is 6.54 Å². The summed E-state index contributed by atoms with van der Waals surface area (Å²) < 4.78 is 0. The fourth-order valence-electron chi connectivity index (χ4n) is 2.46. The van der Waals surface area contributed by atoms with Crippen LogP contribution in [0, 0.1) is 12.8 Å². The summed E-state index contributed by atoms with van der Waals surface area (Å²) in [4.78, 5) is 13.2. The molecule has 4 heteroatoms. The van der Waals surface area contributed by atoms with Gasteiger partial charge in [-0.2, -0.15) is 0 Å². The van der Waals surface area contributed by atoms with E-state index >= 15 is 0 Å². The fraction of sp³-hybridized carbons (Fsp3) is 0.500. The summed E-state index contributed by atoms with van der Waals surface area (Å²) in [6.07, 6.45) is 1.76. The van der Waals surface area contributed by atoms with E-state index in [1.807, 2.05) is 19.1 Å². The van der Waals surface area contributed by atoms with Gasteiger partial charge in [0.15, 0.2) is 0 Å². The van der Waals surface area contributed by atoms with E-state index in [0.717, 1.165) is 36.5 Å². The Morgan fingerprint density at radius 1 is 1.56 bits per heavy atom. The van der Waals surface area contributed by atoms with Crippen LogP contribution in [0.2, 0.25) is 5.02 Å². The second-order valence-corrected chi connectivity index (χ2v) is 5.40. The lowest BCUT2D eigenvalue weighted by Gasteiger charge is -2.30. The van der Waals surface area contributed by atoms with Gasteiger partial charge in [0.05, 0.1) is 5.92 Å². The van der Waals surface area contributed by atoms with Crippen molar-refractivity contribution in [1.29, 1.82) is 0 Å². The van der Waals surface area contributed by atoms with Crippen molar-refractivity contribution in [3.63, 3.8) is 0 Å². The number of piperidine rings is 1. The van der Waals surface area contributed by atoms with Gasteiger partial charge in [-0.3, -0.25) is 9.69 Å². The number of hydrogen-bond acceptors (Lipinski definition) is 2. The summed E-state index contributed by atoms with van der Waals surface area (Å²) in [6, 6.07) is 6.00. The number of carboxylic acid groups (broad SMARTS) is 1. The van der Waals surface area contributed by atoms with E-state index in [1.165, 1.54) is 5.56 Å². The number of aryl methyl sites for hydroxylation is 1. The third kappa shape index (κ3) is 3.24. The van der Waals surface area contributed by atoms with Crippen molar-refractivity contribution in [2.24, 2.45) is 5.92 Å². The minimum absolute atomic E-state index is 0.216. The SMILES string of the molecule is Cc1cc(CN2CCCC(C(=O)O)C2)ccc1Cl. The third-order valence-corrected chi connectivity index (χ3v) is 3.91. The lowest BCUT2D eigenvalue weighted by Crippen LogP contribution is -2.38. The van der Waals surface area contributed by atoms with Crippen LogP contribution in [0.4, 0.5) is 0 Å². The van der Waals surface area contributed by atoms with Crippen molar-refractivity contribution >= 4 is 17.6 Å². The molecule has 1 aromatic carbocycles. The maximum atomic E-state index is 11.0. The van der Waals surface area contributed by atoms with Gasteiger partial charge in [0, 0.05) is 18.1 Å². The van der Waals surface area contributed by atoms with E-state index in [4.69, 9.17) is 16.7 Å². The number of halogens is 1. The Morgan fingerprint density at radius 3 is 3.00 bits per heavy atom. The zero-order chi connectivity index (χ0) is 13.1. The summed E-state index contributed by atoms with van der Waals surface area (Å²) in [6.45, 7) is 4.42. The normalized spacial score (nSPS) is 20.9. The van der Waals surface area contributed by atoms with Gasteiger partial charge in [-0.05, 0) is 43.5 Å². The van der Waals surface area contributed by atoms with Crippen LogP contribution < -0.4 is 0 Å². The topological polar surface area (TPSA) is 40.5 Å². The highest BCUT2D eigenvalue weighted by molar-refractivity contribution is 6.31. The molecule has 0 amide bonds. The van der Waals surface area contributed by atoms with Gasteiger partial charge in [-0.25, -0.2) is 0 Å². The molecule has 1 fully saturated rings. The number of carbonyl (C=O) groups is 1. The molecule has 1 aromatic rings. The minimum Gasteiger partial charge on any atom is -0.481 e. The van der Waals surface area contributed by atoms with Crippen LogP contribution in [-0.2, 0) is 11.3 Å². The molecule has 1 saturated heterocycles. The summed E-state index contributed by atoms with van der Waals surface area (Å²) in [5, 5.41) is 9.84. The van der Waals surface area contributed by atoms with Crippen LogP contribution in [0.5, 0.6) is 0 Å². The van der Waals surface area contributed by atoms with Gasteiger partial charge in [0.2, 0.25) is 0 Å². The van der Waals surface area contributed by atoms with Crippen molar-refractivity contribution in [2.75, 3.05) is 13.1 Å². The summed E-state index contributed by atoms with van der Waals surface area (Å²) in [5.41, 5.74) is 2.27. The van der Waals surface area contributed by atoms with E-state index < -0.39 is 5.97 Å². The molecular formula is C14H18ClNO2. The Morgan fingerprint density at radius 2 is 2.33 bits per heavy atom. The summed E-state index contributed by atoms with van der Waals surface area (Å²) >= 11 is 6.00. The number of likely N-dealkylation sites (tertiary alicyclic amines) is 1. The molecule has 1 heterocycles. The Kier molecular flexibility index (Phi) is 4.25. The van der Waals surface area contributed by atoms with Crippen LogP contribution >= 0.6 is 11.6 Å².